The first-order chi connectivity index (χ1) is 8.75. The molecule has 0 aliphatic heterocycles. The number of benzene rings is 1. The zero-order chi connectivity index (χ0) is 12.8. The molecule has 0 atom stereocenters. The quantitative estimate of drug-likeness (QED) is 0.788. The van der Waals surface area contributed by atoms with Crippen molar-refractivity contribution >= 4 is 28.9 Å². The van der Waals surface area contributed by atoms with Crippen LogP contribution in [0.5, 0.6) is 0 Å². The van der Waals surface area contributed by atoms with Crippen molar-refractivity contribution in [3.63, 3.8) is 0 Å². The Morgan fingerprint density at radius 1 is 1.06 bits per heavy atom. The Kier molecular flexibility index (Phi) is 5.61. The summed E-state index contributed by atoms with van der Waals surface area (Å²) in [5, 5.41) is 8.27. The highest BCUT2D eigenvalue weighted by molar-refractivity contribution is 6.36. The zero-order valence-electron chi connectivity index (χ0n) is 10.5. The molecule has 0 saturated heterocycles. The lowest BCUT2D eigenvalue weighted by molar-refractivity contribution is 0.378. The molecule has 1 aliphatic rings. The van der Waals surface area contributed by atoms with Gasteiger partial charge in [-0.25, -0.2) is 0 Å². The van der Waals surface area contributed by atoms with Gasteiger partial charge in [0.05, 0.1) is 10.7 Å². The Hall–Kier alpha value is -0.440. The average molecular weight is 287 g/mol. The van der Waals surface area contributed by atoms with Gasteiger partial charge in [0.2, 0.25) is 0 Å². The maximum Gasteiger partial charge on any atom is 0.0652 e. The van der Waals surface area contributed by atoms with E-state index in [4.69, 9.17) is 23.2 Å². The molecule has 0 aromatic heterocycles. The molecule has 1 fully saturated rings. The first kappa shape index (κ1) is 14.0. The molecule has 1 aliphatic carbocycles. The Balaban J connectivity index is 1.68. The van der Waals surface area contributed by atoms with Crippen LogP contribution in [0.4, 0.5) is 5.69 Å². The maximum absolute atomic E-state index is 6.09. The van der Waals surface area contributed by atoms with Crippen LogP contribution in [0.25, 0.3) is 0 Å². The summed E-state index contributed by atoms with van der Waals surface area (Å²) < 4.78 is 0. The van der Waals surface area contributed by atoms with Crippen molar-refractivity contribution in [3.8, 4) is 0 Å². The molecule has 1 saturated carbocycles. The largest absolute Gasteiger partial charge is 0.383 e. The van der Waals surface area contributed by atoms with Gasteiger partial charge >= 0.3 is 0 Å². The lowest BCUT2D eigenvalue weighted by Gasteiger charge is -2.23. The van der Waals surface area contributed by atoms with Crippen molar-refractivity contribution in [2.45, 2.75) is 38.1 Å². The van der Waals surface area contributed by atoms with Crippen LogP contribution in [-0.2, 0) is 0 Å². The molecule has 0 radical (unpaired) electrons. The highest BCUT2D eigenvalue weighted by Gasteiger charge is 2.11. The third kappa shape index (κ3) is 4.34. The fraction of sp³-hybridized carbons (Fsp3) is 0.571. The molecular formula is C14H20Cl2N2. The van der Waals surface area contributed by atoms with E-state index in [-0.39, 0.29) is 0 Å². The van der Waals surface area contributed by atoms with E-state index in [1.165, 1.54) is 32.1 Å². The summed E-state index contributed by atoms with van der Waals surface area (Å²) in [4.78, 5) is 0. The van der Waals surface area contributed by atoms with Crippen molar-refractivity contribution in [1.82, 2.24) is 5.32 Å². The Morgan fingerprint density at radius 2 is 1.83 bits per heavy atom. The van der Waals surface area contributed by atoms with Crippen LogP contribution < -0.4 is 10.6 Å². The van der Waals surface area contributed by atoms with E-state index in [9.17, 15) is 0 Å². The van der Waals surface area contributed by atoms with Crippen LogP contribution in [0.1, 0.15) is 32.1 Å². The minimum atomic E-state index is 0.672. The van der Waals surface area contributed by atoms with Crippen LogP contribution in [0.3, 0.4) is 0 Å². The van der Waals surface area contributed by atoms with E-state index in [0.29, 0.717) is 16.1 Å². The second-order valence-electron chi connectivity index (χ2n) is 4.84. The van der Waals surface area contributed by atoms with E-state index in [2.05, 4.69) is 10.6 Å². The molecule has 0 heterocycles. The molecule has 100 valence electrons. The summed E-state index contributed by atoms with van der Waals surface area (Å²) in [6, 6.07) is 6.25. The van der Waals surface area contributed by atoms with Gasteiger partial charge in [-0.05, 0) is 31.0 Å². The molecule has 0 bridgehead atoms. The van der Waals surface area contributed by atoms with Crippen LogP contribution >= 0.6 is 23.2 Å². The van der Waals surface area contributed by atoms with E-state index in [0.717, 1.165) is 18.8 Å². The standard InChI is InChI=1S/C14H20Cl2N2/c15-11-6-7-14(13(16)10-11)18-9-8-17-12-4-2-1-3-5-12/h6-7,10,12,17-18H,1-5,8-9H2. The monoisotopic (exact) mass is 286 g/mol. The van der Waals surface area contributed by atoms with Crippen LogP contribution in [0.2, 0.25) is 10.0 Å². The second kappa shape index (κ2) is 7.22. The van der Waals surface area contributed by atoms with Gasteiger partial charge in [0.15, 0.2) is 0 Å². The Labute approximate surface area is 119 Å². The molecule has 2 nitrogen and oxygen atoms in total. The van der Waals surface area contributed by atoms with Gasteiger partial charge in [0.25, 0.3) is 0 Å². The van der Waals surface area contributed by atoms with Gasteiger partial charge in [-0.2, -0.15) is 0 Å². The van der Waals surface area contributed by atoms with Gasteiger partial charge in [-0.3, -0.25) is 0 Å². The SMILES string of the molecule is Clc1ccc(NCCNC2CCCCC2)c(Cl)c1. The summed E-state index contributed by atoms with van der Waals surface area (Å²) in [7, 11) is 0. The molecule has 4 heteroatoms. The molecule has 2 rings (SSSR count). The highest BCUT2D eigenvalue weighted by atomic mass is 35.5. The van der Waals surface area contributed by atoms with Crippen molar-refractivity contribution in [2.75, 3.05) is 18.4 Å². The summed E-state index contributed by atoms with van der Waals surface area (Å²) in [6.45, 7) is 1.86. The van der Waals surface area contributed by atoms with Gasteiger partial charge in [-0.1, -0.05) is 42.5 Å². The van der Waals surface area contributed by atoms with Crippen LogP contribution in [-0.4, -0.2) is 19.1 Å². The van der Waals surface area contributed by atoms with Crippen molar-refractivity contribution in [3.05, 3.63) is 28.2 Å². The van der Waals surface area contributed by atoms with Gasteiger partial charge in [-0.15, -0.1) is 0 Å². The van der Waals surface area contributed by atoms with Crippen LogP contribution in [0, 0.1) is 0 Å². The molecule has 0 spiro atoms. The molecule has 2 N–H and O–H groups in total. The molecule has 1 aromatic carbocycles. The lowest BCUT2D eigenvalue weighted by Crippen LogP contribution is -2.34. The number of hydrogen-bond donors (Lipinski definition) is 2. The fourth-order valence-corrected chi connectivity index (χ4v) is 2.89. The normalized spacial score (nSPS) is 16.8. The zero-order valence-corrected chi connectivity index (χ0v) is 12.0. The van der Waals surface area contributed by atoms with E-state index >= 15 is 0 Å². The van der Waals surface area contributed by atoms with E-state index < -0.39 is 0 Å². The molecule has 1 aromatic rings. The second-order valence-corrected chi connectivity index (χ2v) is 5.68. The third-order valence-electron chi connectivity index (χ3n) is 3.41. The summed E-state index contributed by atoms with van der Waals surface area (Å²) >= 11 is 11.9. The number of nitrogens with one attached hydrogen (secondary N) is 2. The van der Waals surface area contributed by atoms with Gasteiger partial charge in [0.1, 0.15) is 0 Å². The predicted octanol–water partition coefficient (Wildman–Crippen LogP) is 4.33. The molecule has 0 amide bonds. The van der Waals surface area contributed by atoms with Crippen molar-refractivity contribution in [2.24, 2.45) is 0 Å². The van der Waals surface area contributed by atoms with Gasteiger partial charge in [0, 0.05) is 24.2 Å². The fourth-order valence-electron chi connectivity index (χ4n) is 2.41. The maximum atomic E-state index is 6.09. The first-order valence-electron chi connectivity index (χ1n) is 6.68. The lowest BCUT2D eigenvalue weighted by atomic mass is 9.95. The Morgan fingerprint density at radius 3 is 2.56 bits per heavy atom. The molecule has 0 unspecified atom stereocenters. The predicted molar refractivity (Wildman–Crippen MR) is 79.8 cm³/mol. The third-order valence-corrected chi connectivity index (χ3v) is 3.96. The molecular weight excluding hydrogens is 267 g/mol. The average Bonchev–Trinajstić information content (AvgIpc) is 2.38. The molecule has 18 heavy (non-hydrogen) atoms. The first-order valence-corrected chi connectivity index (χ1v) is 7.43. The van der Waals surface area contributed by atoms with Crippen molar-refractivity contribution in [1.29, 1.82) is 0 Å². The minimum absolute atomic E-state index is 0.672. The summed E-state index contributed by atoms with van der Waals surface area (Å²) in [5.41, 5.74) is 0.950. The topological polar surface area (TPSA) is 24.1 Å². The summed E-state index contributed by atoms with van der Waals surface area (Å²) in [6.07, 6.45) is 6.78. The summed E-state index contributed by atoms with van der Waals surface area (Å²) in [5.74, 6) is 0. The van der Waals surface area contributed by atoms with Gasteiger partial charge < -0.3 is 10.6 Å². The number of hydrogen-bond acceptors (Lipinski definition) is 2. The van der Waals surface area contributed by atoms with E-state index in [1.807, 2.05) is 12.1 Å². The Bertz CT molecular complexity index is 376. The van der Waals surface area contributed by atoms with Crippen LogP contribution in [0.15, 0.2) is 18.2 Å². The number of anilines is 1. The number of rotatable bonds is 5. The highest BCUT2D eigenvalue weighted by Crippen LogP contribution is 2.25. The van der Waals surface area contributed by atoms with E-state index in [1.54, 1.807) is 6.07 Å². The smallest absolute Gasteiger partial charge is 0.0652 e. The number of halogens is 2. The minimum Gasteiger partial charge on any atom is -0.383 e. The van der Waals surface area contributed by atoms with Crippen molar-refractivity contribution < 1.29 is 0 Å².